The zero-order chi connectivity index (χ0) is 21.3. The third-order valence-electron chi connectivity index (χ3n) is 4.64. The second kappa shape index (κ2) is 11.4. The van der Waals surface area contributed by atoms with E-state index >= 15 is 0 Å². The first kappa shape index (κ1) is 23.4. The van der Waals surface area contributed by atoms with Gasteiger partial charge in [-0.2, -0.15) is 13.2 Å². The summed E-state index contributed by atoms with van der Waals surface area (Å²) in [5.41, 5.74) is -0.809. The highest BCUT2D eigenvalue weighted by Gasteiger charge is 2.30. The number of hydrogen-bond acceptors (Lipinski definition) is 4. The molecule has 1 saturated carbocycles. The van der Waals surface area contributed by atoms with Crippen molar-refractivity contribution in [3.63, 3.8) is 0 Å². The van der Waals surface area contributed by atoms with E-state index in [1.54, 1.807) is 0 Å². The molecule has 0 saturated heterocycles. The minimum absolute atomic E-state index is 0.128. The van der Waals surface area contributed by atoms with Gasteiger partial charge in [-0.15, -0.1) is 0 Å². The standard InChI is InChI=1S/C19H29F3N4O2S/c1-3-23-18(26-15-6-5-7-16(12-15)29(27)4-2)24-10-11-28-17-9-8-14(13-25-17)19(20,21)22/h8-9,13,15-16H,3-7,10-12H2,1-2H3,(H2,23,24,26). The monoisotopic (exact) mass is 434 g/mol. The number of ether oxygens (including phenoxy) is 1. The van der Waals surface area contributed by atoms with Crippen molar-refractivity contribution < 1.29 is 22.1 Å². The van der Waals surface area contributed by atoms with Crippen molar-refractivity contribution in [2.75, 3.05) is 25.4 Å². The van der Waals surface area contributed by atoms with Gasteiger partial charge in [0.25, 0.3) is 0 Å². The summed E-state index contributed by atoms with van der Waals surface area (Å²) in [5.74, 6) is 1.47. The van der Waals surface area contributed by atoms with Gasteiger partial charge in [0.05, 0.1) is 12.1 Å². The predicted octanol–water partition coefficient (Wildman–Crippen LogP) is 3.11. The molecule has 164 valence electrons. The molecule has 0 bridgehead atoms. The first-order valence-corrected chi connectivity index (χ1v) is 11.3. The van der Waals surface area contributed by atoms with Crippen LogP contribution in [-0.2, 0) is 17.0 Å². The molecule has 1 aliphatic carbocycles. The Morgan fingerprint density at radius 2 is 2.14 bits per heavy atom. The van der Waals surface area contributed by atoms with Crippen molar-refractivity contribution in [3.05, 3.63) is 23.9 Å². The van der Waals surface area contributed by atoms with Crippen molar-refractivity contribution in [1.82, 2.24) is 15.6 Å². The van der Waals surface area contributed by atoms with Crippen molar-refractivity contribution in [2.45, 2.75) is 57.0 Å². The van der Waals surface area contributed by atoms with Gasteiger partial charge in [0.1, 0.15) is 6.61 Å². The Kier molecular flexibility index (Phi) is 9.19. The van der Waals surface area contributed by atoms with Gasteiger partial charge in [0.2, 0.25) is 5.88 Å². The van der Waals surface area contributed by atoms with Gasteiger partial charge >= 0.3 is 6.18 Å². The summed E-state index contributed by atoms with van der Waals surface area (Å²) >= 11 is 0. The zero-order valence-corrected chi connectivity index (χ0v) is 17.6. The summed E-state index contributed by atoms with van der Waals surface area (Å²) in [6, 6.07) is 2.36. The van der Waals surface area contributed by atoms with Crippen molar-refractivity contribution in [1.29, 1.82) is 0 Å². The van der Waals surface area contributed by atoms with E-state index in [0.29, 0.717) is 24.8 Å². The SMILES string of the molecule is CCNC(=NCCOc1ccc(C(F)(F)F)cn1)NC1CCCC(S(=O)CC)C1. The first-order chi connectivity index (χ1) is 13.8. The Bertz CT molecular complexity index is 683. The minimum atomic E-state index is -4.41. The topological polar surface area (TPSA) is 75.6 Å². The molecule has 29 heavy (non-hydrogen) atoms. The largest absolute Gasteiger partial charge is 0.476 e. The maximum Gasteiger partial charge on any atom is 0.417 e. The van der Waals surface area contributed by atoms with Crippen LogP contribution in [0.3, 0.4) is 0 Å². The van der Waals surface area contributed by atoms with Crippen LogP contribution < -0.4 is 15.4 Å². The maximum absolute atomic E-state index is 12.5. The Morgan fingerprint density at radius 1 is 1.34 bits per heavy atom. The lowest BCUT2D eigenvalue weighted by Gasteiger charge is -2.30. The number of halogens is 3. The van der Waals surface area contributed by atoms with Crippen LogP contribution in [-0.4, -0.2) is 51.9 Å². The Balaban J connectivity index is 1.83. The Morgan fingerprint density at radius 3 is 2.76 bits per heavy atom. The molecule has 6 nitrogen and oxygen atoms in total. The number of rotatable bonds is 8. The lowest BCUT2D eigenvalue weighted by molar-refractivity contribution is -0.137. The van der Waals surface area contributed by atoms with Crippen LogP contribution in [0.2, 0.25) is 0 Å². The molecule has 1 aromatic heterocycles. The number of pyridine rings is 1. The highest BCUT2D eigenvalue weighted by molar-refractivity contribution is 7.85. The van der Waals surface area contributed by atoms with Crippen molar-refractivity contribution in [2.24, 2.45) is 4.99 Å². The van der Waals surface area contributed by atoms with E-state index in [2.05, 4.69) is 20.6 Å². The van der Waals surface area contributed by atoms with Crippen LogP contribution in [0.4, 0.5) is 13.2 Å². The van der Waals surface area contributed by atoms with Crippen LogP contribution in [0.1, 0.15) is 45.1 Å². The summed E-state index contributed by atoms with van der Waals surface area (Å²) in [5, 5.41) is 6.80. The number of aliphatic imine (C=N–C) groups is 1. The molecule has 0 aliphatic heterocycles. The van der Waals surface area contributed by atoms with Crippen LogP contribution >= 0.6 is 0 Å². The third kappa shape index (κ3) is 7.83. The van der Waals surface area contributed by atoms with Gasteiger partial charge in [-0.05, 0) is 32.3 Å². The second-order valence-electron chi connectivity index (χ2n) is 6.79. The minimum Gasteiger partial charge on any atom is -0.476 e. The Labute approximate surface area is 172 Å². The molecule has 1 aliphatic rings. The van der Waals surface area contributed by atoms with Gasteiger partial charge in [0.15, 0.2) is 5.96 Å². The average Bonchev–Trinajstić information content (AvgIpc) is 2.70. The summed E-state index contributed by atoms with van der Waals surface area (Å²) in [4.78, 5) is 8.13. The lowest BCUT2D eigenvalue weighted by Crippen LogP contribution is -2.46. The molecule has 3 atom stereocenters. The van der Waals surface area contributed by atoms with E-state index < -0.39 is 22.5 Å². The number of hydrogen-bond donors (Lipinski definition) is 2. The van der Waals surface area contributed by atoms with Gasteiger partial charge < -0.3 is 15.4 Å². The Hall–Kier alpha value is -1.84. The lowest BCUT2D eigenvalue weighted by atomic mass is 9.95. The fourth-order valence-electron chi connectivity index (χ4n) is 3.20. The van der Waals surface area contributed by atoms with E-state index in [0.717, 1.165) is 37.9 Å². The molecule has 0 spiro atoms. The van der Waals surface area contributed by atoms with E-state index in [1.165, 1.54) is 6.07 Å². The molecular weight excluding hydrogens is 405 g/mol. The van der Waals surface area contributed by atoms with Crippen LogP contribution in [0.5, 0.6) is 5.88 Å². The molecule has 2 rings (SSSR count). The molecule has 2 N–H and O–H groups in total. The average molecular weight is 435 g/mol. The molecule has 3 unspecified atom stereocenters. The van der Waals surface area contributed by atoms with Crippen molar-refractivity contribution in [3.8, 4) is 5.88 Å². The number of nitrogens with zero attached hydrogens (tertiary/aromatic N) is 2. The van der Waals surface area contributed by atoms with Gasteiger partial charge in [-0.3, -0.25) is 4.21 Å². The quantitative estimate of drug-likeness (QED) is 0.374. The number of alkyl halides is 3. The fourth-order valence-corrected chi connectivity index (χ4v) is 4.55. The van der Waals surface area contributed by atoms with Crippen LogP contribution in [0.25, 0.3) is 0 Å². The van der Waals surface area contributed by atoms with E-state index in [-0.39, 0.29) is 23.8 Å². The van der Waals surface area contributed by atoms with Crippen LogP contribution in [0.15, 0.2) is 23.3 Å². The molecule has 1 aromatic rings. The maximum atomic E-state index is 12.5. The molecule has 0 aromatic carbocycles. The van der Waals surface area contributed by atoms with Gasteiger partial charge in [-0.25, -0.2) is 9.98 Å². The predicted molar refractivity (Wildman–Crippen MR) is 109 cm³/mol. The second-order valence-corrected chi connectivity index (χ2v) is 8.80. The fraction of sp³-hybridized carbons (Fsp3) is 0.684. The zero-order valence-electron chi connectivity index (χ0n) is 16.8. The smallest absolute Gasteiger partial charge is 0.417 e. The molecule has 10 heteroatoms. The highest BCUT2D eigenvalue weighted by Crippen LogP contribution is 2.29. The van der Waals surface area contributed by atoms with Crippen molar-refractivity contribution >= 4 is 16.8 Å². The summed E-state index contributed by atoms with van der Waals surface area (Å²) in [6.07, 6.45) is 0.245. The molecule has 0 radical (unpaired) electrons. The summed E-state index contributed by atoms with van der Waals surface area (Å²) in [7, 11) is -0.786. The van der Waals surface area contributed by atoms with E-state index in [1.807, 2.05) is 13.8 Å². The van der Waals surface area contributed by atoms with Crippen LogP contribution in [0, 0.1) is 0 Å². The number of nitrogens with one attached hydrogen (secondary N) is 2. The summed E-state index contributed by atoms with van der Waals surface area (Å²) in [6.45, 7) is 5.14. The number of guanidine groups is 1. The normalized spacial score (nSPS) is 21.5. The third-order valence-corrected chi connectivity index (χ3v) is 6.38. The highest BCUT2D eigenvalue weighted by atomic mass is 32.2. The van der Waals surface area contributed by atoms with E-state index in [9.17, 15) is 17.4 Å². The molecule has 0 amide bonds. The molecule has 1 heterocycles. The van der Waals surface area contributed by atoms with Gasteiger partial charge in [0, 0.05) is 46.7 Å². The first-order valence-electron chi connectivity index (χ1n) is 9.91. The molecular formula is C19H29F3N4O2S. The van der Waals surface area contributed by atoms with Gasteiger partial charge in [-0.1, -0.05) is 13.3 Å². The summed E-state index contributed by atoms with van der Waals surface area (Å²) < 4.78 is 55.1. The van der Waals surface area contributed by atoms with E-state index in [4.69, 9.17) is 4.74 Å². The number of aromatic nitrogens is 1. The molecule has 1 fully saturated rings.